The van der Waals surface area contributed by atoms with E-state index in [1.807, 2.05) is 12.1 Å². The molecule has 0 aliphatic rings. The summed E-state index contributed by atoms with van der Waals surface area (Å²) >= 11 is 0. The summed E-state index contributed by atoms with van der Waals surface area (Å²) in [7, 11) is 1.56. The Morgan fingerprint density at radius 2 is 2.07 bits per heavy atom. The van der Waals surface area contributed by atoms with Crippen LogP contribution in [0.5, 0.6) is 5.75 Å². The van der Waals surface area contributed by atoms with Gasteiger partial charge in [0, 0.05) is 18.2 Å². The van der Waals surface area contributed by atoms with Crippen molar-refractivity contribution in [3.8, 4) is 5.75 Å². The summed E-state index contributed by atoms with van der Waals surface area (Å²) in [6.07, 6.45) is -0.781. The van der Waals surface area contributed by atoms with E-state index < -0.39 is 12.1 Å². The van der Waals surface area contributed by atoms with Crippen molar-refractivity contribution in [2.45, 2.75) is 12.1 Å². The highest BCUT2D eigenvalue weighted by Crippen LogP contribution is 2.25. The first-order valence-electron chi connectivity index (χ1n) is 4.47. The smallest absolute Gasteiger partial charge is 0.124 e. The highest BCUT2D eigenvalue weighted by molar-refractivity contribution is 5.35. The van der Waals surface area contributed by atoms with Gasteiger partial charge in [0.2, 0.25) is 0 Å². The summed E-state index contributed by atoms with van der Waals surface area (Å²) in [5, 5.41) is 9.82. The molecule has 0 aromatic heterocycles. The van der Waals surface area contributed by atoms with Crippen LogP contribution in [0.25, 0.3) is 0 Å². The number of hydrogen-bond donors (Lipinski definition) is 3. The number of aliphatic hydroxyl groups is 1. The minimum absolute atomic E-state index is 0.235. The first kappa shape index (κ1) is 11.0. The quantitative estimate of drug-likeness (QED) is 0.634. The summed E-state index contributed by atoms with van der Waals surface area (Å²) in [6, 6.07) is 6.75. The number of ether oxygens (including phenoxy) is 1. The molecule has 5 N–H and O–H groups in total. The van der Waals surface area contributed by atoms with E-state index in [2.05, 4.69) is 0 Å². The van der Waals surface area contributed by atoms with Crippen molar-refractivity contribution in [1.29, 1.82) is 0 Å². The molecular weight excluding hydrogens is 180 g/mol. The van der Waals surface area contributed by atoms with E-state index in [9.17, 15) is 5.11 Å². The molecule has 1 aromatic carbocycles. The van der Waals surface area contributed by atoms with Crippen LogP contribution < -0.4 is 16.2 Å². The maximum absolute atomic E-state index is 9.82. The lowest BCUT2D eigenvalue weighted by Crippen LogP contribution is -2.36. The molecule has 0 spiro atoms. The Hall–Kier alpha value is -1.10. The maximum Gasteiger partial charge on any atom is 0.124 e. The first-order valence-corrected chi connectivity index (χ1v) is 4.47. The Labute approximate surface area is 83.5 Å². The number of para-hydroxylation sites is 1. The van der Waals surface area contributed by atoms with E-state index in [-0.39, 0.29) is 6.54 Å². The van der Waals surface area contributed by atoms with Crippen molar-refractivity contribution in [1.82, 2.24) is 0 Å². The predicted octanol–water partition coefficient (Wildman–Crippen LogP) is 0.0146. The summed E-state index contributed by atoms with van der Waals surface area (Å²) in [6.45, 7) is 0.235. The number of benzene rings is 1. The monoisotopic (exact) mass is 196 g/mol. The number of aliphatic hydroxyl groups excluding tert-OH is 1. The van der Waals surface area contributed by atoms with Gasteiger partial charge >= 0.3 is 0 Å². The minimum Gasteiger partial charge on any atom is -0.496 e. The van der Waals surface area contributed by atoms with Crippen LogP contribution >= 0.6 is 0 Å². The molecule has 0 amide bonds. The molecule has 2 unspecified atom stereocenters. The highest BCUT2D eigenvalue weighted by Gasteiger charge is 2.18. The molecule has 0 bridgehead atoms. The maximum atomic E-state index is 9.82. The Morgan fingerprint density at radius 3 is 2.64 bits per heavy atom. The van der Waals surface area contributed by atoms with Crippen molar-refractivity contribution in [2.75, 3.05) is 13.7 Å². The predicted molar refractivity (Wildman–Crippen MR) is 55.0 cm³/mol. The molecule has 0 aliphatic heterocycles. The van der Waals surface area contributed by atoms with Gasteiger partial charge in [-0.05, 0) is 6.07 Å². The topological polar surface area (TPSA) is 81.5 Å². The van der Waals surface area contributed by atoms with Crippen molar-refractivity contribution in [2.24, 2.45) is 11.5 Å². The van der Waals surface area contributed by atoms with Gasteiger partial charge in [-0.15, -0.1) is 0 Å². The molecule has 1 rings (SSSR count). The summed E-state index contributed by atoms with van der Waals surface area (Å²) in [5.74, 6) is 0.629. The zero-order chi connectivity index (χ0) is 10.6. The van der Waals surface area contributed by atoms with Crippen molar-refractivity contribution in [3.63, 3.8) is 0 Å². The van der Waals surface area contributed by atoms with E-state index >= 15 is 0 Å². The van der Waals surface area contributed by atoms with Gasteiger partial charge in [0.25, 0.3) is 0 Å². The number of nitrogens with two attached hydrogens (primary N) is 2. The molecule has 78 valence electrons. The van der Waals surface area contributed by atoms with Gasteiger partial charge in [0.1, 0.15) is 5.75 Å². The van der Waals surface area contributed by atoms with Gasteiger partial charge in [0.05, 0.1) is 13.2 Å². The van der Waals surface area contributed by atoms with E-state index in [4.69, 9.17) is 16.2 Å². The van der Waals surface area contributed by atoms with Crippen molar-refractivity contribution < 1.29 is 9.84 Å². The second-order valence-corrected chi connectivity index (χ2v) is 3.09. The third-order valence-corrected chi connectivity index (χ3v) is 2.14. The zero-order valence-corrected chi connectivity index (χ0v) is 8.18. The molecule has 0 heterocycles. The van der Waals surface area contributed by atoms with E-state index in [0.717, 1.165) is 0 Å². The molecule has 0 saturated carbocycles. The fraction of sp³-hybridized carbons (Fsp3) is 0.400. The Bertz CT molecular complexity index is 291. The van der Waals surface area contributed by atoms with Crippen LogP contribution in [0.2, 0.25) is 0 Å². The standard InChI is InChI=1S/C10H16N2O2/c1-14-9-5-3-2-4-7(9)10(13)8(12)6-11/h2-5,8,10,13H,6,11-12H2,1H3. The molecule has 14 heavy (non-hydrogen) atoms. The number of hydrogen-bond acceptors (Lipinski definition) is 4. The molecule has 1 aromatic rings. The lowest BCUT2D eigenvalue weighted by molar-refractivity contribution is 0.145. The van der Waals surface area contributed by atoms with Crippen LogP contribution in [0.3, 0.4) is 0 Å². The molecular formula is C10H16N2O2. The molecule has 0 saturated heterocycles. The normalized spacial score (nSPS) is 14.9. The average molecular weight is 196 g/mol. The fourth-order valence-electron chi connectivity index (χ4n) is 1.27. The number of rotatable bonds is 4. The highest BCUT2D eigenvalue weighted by atomic mass is 16.5. The Balaban J connectivity index is 2.93. The van der Waals surface area contributed by atoms with Gasteiger partial charge in [0.15, 0.2) is 0 Å². The fourth-order valence-corrected chi connectivity index (χ4v) is 1.27. The van der Waals surface area contributed by atoms with Crippen LogP contribution in [0, 0.1) is 0 Å². The van der Waals surface area contributed by atoms with E-state index in [1.54, 1.807) is 19.2 Å². The molecule has 4 nitrogen and oxygen atoms in total. The summed E-state index contributed by atoms with van der Waals surface area (Å²) in [5.41, 5.74) is 11.7. The Kier molecular flexibility index (Phi) is 3.88. The summed E-state index contributed by atoms with van der Waals surface area (Å²) < 4.78 is 5.10. The largest absolute Gasteiger partial charge is 0.496 e. The molecule has 4 heteroatoms. The van der Waals surface area contributed by atoms with Gasteiger partial charge in [-0.1, -0.05) is 18.2 Å². The third kappa shape index (κ3) is 2.23. The Morgan fingerprint density at radius 1 is 1.43 bits per heavy atom. The van der Waals surface area contributed by atoms with Gasteiger partial charge < -0.3 is 21.3 Å². The molecule has 0 aliphatic carbocycles. The SMILES string of the molecule is COc1ccccc1C(O)C(N)CN. The summed E-state index contributed by atoms with van der Waals surface area (Å²) in [4.78, 5) is 0. The van der Waals surface area contributed by atoms with E-state index in [1.165, 1.54) is 0 Å². The molecule has 2 atom stereocenters. The van der Waals surface area contributed by atoms with Crippen LogP contribution in [0.4, 0.5) is 0 Å². The van der Waals surface area contributed by atoms with Crippen LogP contribution in [0.1, 0.15) is 11.7 Å². The second kappa shape index (κ2) is 4.95. The third-order valence-electron chi connectivity index (χ3n) is 2.14. The van der Waals surface area contributed by atoms with Crippen molar-refractivity contribution in [3.05, 3.63) is 29.8 Å². The number of methoxy groups -OCH3 is 1. The average Bonchev–Trinajstić information content (AvgIpc) is 2.26. The van der Waals surface area contributed by atoms with Gasteiger partial charge in [-0.25, -0.2) is 0 Å². The van der Waals surface area contributed by atoms with Crippen LogP contribution in [-0.2, 0) is 0 Å². The second-order valence-electron chi connectivity index (χ2n) is 3.09. The zero-order valence-electron chi connectivity index (χ0n) is 8.18. The van der Waals surface area contributed by atoms with Gasteiger partial charge in [-0.3, -0.25) is 0 Å². The lowest BCUT2D eigenvalue weighted by Gasteiger charge is -2.19. The van der Waals surface area contributed by atoms with Gasteiger partial charge in [-0.2, -0.15) is 0 Å². The minimum atomic E-state index is -0.781. The van der Waals surface area contributed by atoms with Crippen LogP contribution in [-0.4, -0.2) is 24.8 Å². The lowest BCUT2D eigenvalue weighted by atomic mass is 10.0. The molecule has 0 fully saturated rings. The van der Waals surface area contributed by atoms with E-state index in [0.29, 0.717) is 11.3 Å². The van der Waals surface area contributed by atoms with Crippen molar-refractivity contribution >= 4 is 0 Å². The first-order chi connectivity index (χ1) is 6.70. The van der Waals surface area contributed by atoms with Crippen LogP contribution in [0.15, 0.2) is 24.3 Å². The molecule has 0 radical (unpaired) electrons.